The van der Waals surface area contributed by atoms with Gasteiger partial charge >= 0.3 is 7.69 Å². The van der Waals surface area contributed by atoms with E-state index in [1.54, 1.807) is 0 Å². The van der Waals surface area contributed by atoms with Gasteiger partial charge in [0.15, 0.2) is 0 Å². The van der Waals surface area contributed by atoms with Crippen molar-refractivity contribution in [2.24, 2.45) is 0 Å². The van der Waals surface area contributed by atoms with Gasteiger partial charge in [-0.25, -0.2) is 0 Å². The van der Waals surface area contributed by atoms with Crippen molar-refractivity contribution in [1.82, 2.24) is 0 Å². The minimum Gasteiger partial charge on any atom is -0.537 e. The zero-order valence-corrected chi connectivity index (χ0v) is 23.0. The number of anilines is 3. The fraction of sp³-hybridized carbons (Fsp3) is 0. The Balaban J connectivity index is 1.28. The van der Waals surface area contributed by atoms with Crippen LogP contribution in [-0.2, 0) is 0 Å². The normalized spacial score (nSPS) is 11.0. The second kappa shape index (κ2) is 11.0. The Hall–Kier alpha value is -4.84. The summed E-state index contributed by atoms with van der Waals surface area (Å²) in [5.41, 5.74) is 7.87. The van der Waals surface area contributed by atoms with Crippen LogP contribution < -0.4 is 9.55 Å². The molecule has 0 aliphatic carbocycles. The number of nitrogens with zero attached hydrogens (tertiary/aromatic N) is 1. The minimum absolute atomic E-state index is 0.572. The third-order valence-electron chi connectivity index (χ3n) is 7.36. The average Bonchev–Trinajstić information content (AvgIpc) is 3.42. The lowest BCUT2D eigenvalue weighted by atomic mass is 10.0. The Morgan fingerprint density at radius 2 is 1.07 bits per heavy atom. The van der Waals surface area contributed by atoms with Gasteiger partial charge in [-0.3, -0.25) is 0 Å². The van der Waals surface area contributed by atoms with Crippen LogP contribution in [0.3, 0.4) is 0 Å². The molecule has 0 unspecified atom stereocenters. The van der Waals surface area contributed by atoms with E-state index in [2.05, 4.69) is 120 Å². The van der Waals surface area contributed by atoms with E-state index < -0.39 is 0 Å². The summed E-state index contributed by atoms with van der Waals surface area (Å²) in [6.45, 7) is 0. The molecule has 0 spiro atoms. The van der Waals surface area contributed by atoms with E-state index >= 15 is 0 Å². The van der Waals surface area contributed by atoms with Crippen LogP contribution in [0.15, 0.2) is 146 Å². The van der Waals surface area contributed by atoms with Gasteiger partial charge < -0.3 is 14.6 Å². The maximum Gasteiger partial charge on any atom is 0.569 e. The van der Waals surface area contributed by atoms with Crippen molar-refractivity contribution in [3.63, 3.8) is 0 Å². The number of hydrogen-bond donors (Lipinski definition) is 1. The van der Waals surface area contributed by atoms with E-state index in [1.807, 2.05) is 41.7 Å². The molecule has 1 heterocycles. The lowest BCUT2D eigenvalue weighted by Gasteiger charge is -2.26. The van der Waals surface area contributed by atoms with Crippen molar-refractivity contribution in [1.29, 1.82) is 0 Å². The SMILES string of the molecule is O[B]Oc1ccc(N(c2ccc(-c3ccccc3)cc2)c2ccc(-c3cccc4c3sc3ccccc34)cc2)cc1. The molecule has 0 amide bonds. The summed E-state index contributed by atoms with van der Waals surface area (Å²) in [4.78, 5) is 2.23. The Kier molecular flexibility index (Phi) is 6.73. The molecule has 0 saturated heterocycles. The van der Waals surface area contributed by atoms with Crippen molar-refractivity contribution in [3.05, 3.63) is 146 Å². The summed E-state index contributed by atoms with van der Waals surface area (Å²) in [5.74, 6) is 0.572. The first-order valence-electron chi connectivity index (χ1n) is 13.5. The molecule has 5 heteroatoms. The second-order valence-corrected chi connectivity index (χ2v) is 10.8. The molecule has 0 aliphatic heterocycles. The van der Waals surface area contributed by atoms with E-state index in [-0.39, 0.29) is 0 Å². The quantitative estimate of drug-likeness (QED) is 0.202. The van der Waals surface area contributed by atoms with Gasteiger partial charge in [0, 0.05) is 37.2 Å². The van der Waals surface area contributed by atoms with Crippen molar-refractivity contribution in [2.45, 2.75) is 0 Å². The Morgan fingerprint density at radius 3 is 1.76 bits per heavy atom. The van der Waals surface area contributed by atoms with E-state index in [1.165, 1.54) is 42.4 Å². The molecule has 7 rings (SSSR count). The monoisotopic (exact) mass is 546 g/mol. The first kappa shape index (κ1) is 25.2. The van der Waals surface area contributed by atoms with Crippen LogP contribution in [0.1, 0.15) is 0 Å². The van der Waals surface area contributed by atoms with Crippen LogP contribution in [0.25, 0.3) is 42.4 Å². The number of thiophene rings is 1. The fourth-order valence-electron chi connectivity index (χ4n) is 5.38. The van der Waals surface area contributed by atoms with Gasteiger partial charge in [0.1, 0.15) is 5.75 Å². The van der Waals surface area contributed by atoms with Gasteiger partial charge in [0.2, 0.25) is 0 Å². The van der Waals surface area contributed by atoms with E-state index in [9.17, 15) is 0 Å². The van der Waals surface area contributed by atoms with Gasteiger partial charge in [0.05, 0.1) is 0 Å². The largest absolute Gasteiger partial charge is 0.569 e. The van der Waals surface area contributed by atoms with Gasteiger partial charge in [-0.1, -0.05) is 91.0 Å². The Bertz CT molecular complexity index is 1930. The van der Waals surface area contributed by atoms with Crippen molar-refractivity contribution >= 4 is 56.3 Å². The third kappa shape index (κ3) is 4.86. The molecular formula is C36H25BNO2S. The number of benzene rings is 6. The predicted molar refractivity (Wildman–Crippen MR) is 173 cm³/mol. The first-order chi connectivity index (χ1) is 20.3. The zero-order valence-electron chi connectivity index (χ0n) is 22.1. The first-order valence-corrected chi connectivity index (χ1v) is 14.3. The summed E-state index contributed by atoms with van der Waals surface area (Å²) in [7, 11) is 0.699. The van der Waals surface area contributed by atoms with Crippen LogP contribution >= 0.6 is 11.3 Å². The topological polar surface area (TPSA) is 32.7 Å². The summed E-state index contributed by atoms with van der Waals surface area (Å²) in [6, 6.07) is 50.7. The molecule has 195 valence electrons. The number of fused-ring (bicyclic) bond motifs is 3. The van der Waals surface area contributed by atoms with Crippen LogP contribution in [0.5, 0.6) is 5.75 Å². The molecule has 0 bridgehead atoms. The van der Waals surface area contributed by atoms with Crippen LogP contribution in [0.4, 0.5) is 17.1 Å². The highest BCUT2D eigenvalue weighted by Gasteiger charge is 2.15. The highest BCUT2D eigenvalue weighted by Crippen LogP contribution is 2.41. The van der Waals surface area contributed by atoms with Crippen molar-refractivity contribution in [2.75, 3.05) is 4.90 Å². The Morgan fingerprint density at radius 1 is 0.512 bits per heavy atom. The molecule has 41 heavy (non-hydrogen) atoms. The molecule has 7 aromatic rings. The third-order valence-corrected chi connectivity index (χ3v) is 8.58. The molecule has 0 atom stereocenters. The lowest BCUT2D eigenvalue weighted by Crippen LogP contribution is -2.10. The summed E-state index contributed by atoms with van der Waals surface area (Å²) < 4.78 is 7.77. The fourth-order valence-corrected chi connectivity index (χ4v) is 6.62. The van der Waals surface area contributed by atoms with E-state index in [0.29, 0.717) is 13.4 Å². The lowest BCUT2D eigenvalue weighted by molar-refractivity contribution is 0.454. The number of rotatable bonds is 7. The van der Waals surface area contributed by atoms with Gasteiger partial charge in [-0.05, 0) is 76.9 Å². The van der Waals surface area contributed by atoms with Gasteiger partial charge in [-0.2, -0.15) is 0 Å². The molecule has 0 aliphatic rings. The molecule has 1 aromatic heterocycles. The zero-order chi connectivity index (χ0) is 27.6. The highest BCUT2D eigenvalue weighted by molar-refractivity contribution is 7.26. The second-order valence-electron chi connectivity index (χ2n) is 9.79. The van der Waals surface area contributed by atoms with Gasteiger partial charge in [0.25, 0.3) is 0 Å². The molecule has 1 N–H and O–H groups in total. The molecule has 1 radical (unpaired) electrons. The van der Waals surface area contributed by atoms with Crippen LogP contribution in [0.2, 0.25) is 0 Å². The number of hydrogen-bond acceptors (Lipinski definition) is 4. The predicted octanol–water partition coefficient (Wildman–Crippen LogP) is 9.76. The summed E-state index contributed by atoms with van der Waals surface area (Å²) >= 11 is 1.85. The maximum absolute atomic E-state index is 9.04. The van der Waals surface area contributed by atoms with E-state index in [4.69, 9.17) is 9.68 Å². The summed E-state index contributed by atoms with van der Waals surface area (Å²) in [5, 5.41) is 11.7. The molecular weight excluding hydrogens is 521 g/mol. The highest BCUT2D eigenvalue weighted by atomic mass is 32.1. The van der Waals surface area contributed by atoms with Gasteiger partial charge in [-0.15, -0.1) is 11.3 Å². The minimum atomic E-state index is 0.572. The molecule has 0 fully saturated rings. The summed E-state index contributed by atoms with van der Waals surface area (Å²) in [6.07, 6.45) is 0. The molecule has 3 nitrogen and oxygen atoms in total. The smallest absolute Gasteiger partial charge is 0.537 e. The van der Waals surface area contributed by atoms with E-state index in [0.717, 1.165) is 17.1 Å². The van der Waals surface area contributed by atoms with Crippen LogP contribution in [0, 0.1) is 0 Å². The Labute approximate surface area is 243 Å². The average molecular weight is 546 g/mol. The standard InChI is InChI=1S/C36H25BNO2S/c39-37-40-31-23-21-30(22-24-31)38(28-17-13-26(14-18-28)25-7-2-1-3-8-25)29-19-15-27(16-20-29)32-10-6-11-34-33-9-4-5-12-35(33)41-36(32)34/h1-24,39H. The molecule has 0 saturated carbocycles. The maximum atomic E-state index is 9.04. The van der Waals surface area contributed by atoms with Crippen molar-refractivity contribution in [3.8, 4) is 28.0 Å². The molecule has 6 aromatic carbocycles. The van der Waals surface area contributed by atoms with Crippen molar-refractivity contribution < 1.29 is 9.68 Å². The van der Waals surface area contributed by atoms with Crippen LogP contribution in [-0.4, -0.2) is 12.7 Å².